The maximum atomic E-state index is 12.2. The van der Waals surface area contributed by atoms with E-state index < -0.39 is 4.92 Å². The highest BCUT2D eigenvalue weighted by atomic mass is 16.6. The van der Waals surface area contributed by atoms with Gasteiger partial charge in [0.1, 0.15) is 0 Å². The molecule has 0 unspecified atom stereocenters. The molecule has 0 aliphatic rings. The van der Waals surface area contributed by atoms with E-state index in [1.54, 1.807) is 13.0 Å². The molecule has 0 fully saturated rings. The van der Waals surface area contributed by atoms with Gasteiger partial charge in [-0.15, -0.1) is 0 Å². The van der Waals surface area contributed by atoms with Crippen LogP contribution in [-0.2, 0) is 0 Å². The van der Waals surface area contributed by atoms with Crippen molar-refractivity contribution in [1.82, 2.24) is 4.90 Å². The van der Waals surface area contributed by atoms with Crippen molar-refractivity contribution in [2.75, 3.05) is 25.0 Å². The summed E-state index contributed by atoms with van der Waals surface area (Å²) in [6.45, 7) is 4.26. The van der Waals surface area contributed by atoms with E-state index in [0.29, 0.717) is 17.8 Å². The molecule has 0 saturated carbocycles. The minimum absolute atomic E-state index is 0.0323. The Balaban J connectivity index is 2.85. The zero-order valence-corrected chi connectivity index (χ0v) is 12.3. The molecule has 1 rings (SSSR count). The van der Waals surface area contributed by atoms with Gasteiger partial charge in [0.05, 0.1) is 22.8 Å². The van der Waals surface area contributed by atoms with E-state index in [1.807, 2.05) is 6.92 Å². The molecule has 2 amide bonds. The number of anilines is 1. The molecule has 0 radical (unpaired) electrons. The first-order valence-corrected chi connectivity index (χ1v) is 6.92. The number of nitro benzene ring substituents is 1. The normalized spacial score (nSPS) is 10.2. The number of hydrogen-bond donors (Lipinski definition) is 2. The lowest BCUT2D eigenvalue weighted by Crippen LogP contribution is -2.37. The molecule has 1 aromatic rings. The average molecular weight is 295 g/mol. The third-order valence-corrected chi connectivity index (χ3v) is 3.18. The van der Waals surface area contributed by atoms with Crippen molar-refractivity contribution in [1.29, 1.82) is 0 Å². The van der Waals surface area contributed by atoms with Crippen LogP contribution in [0, 0.1) is 17.0 Å². The first-order valence-electron chi connectivity index (χ1n) is 6.92. The van der Waals surface area contributed by atoms with Gasteiger partial charge in [0, 0.05) is 19.2 Å². The number of benzene rings is 1. The van der Waals surface area contributed by atoms with E-state index >= 15 is 0 Å². The fraction of sp³-hybridized carbons (Fsp3) is 0.500. The van der Waals surface area contributed by atoms with Crippen molar-refractivity contribution in [3.8, 4) is 0 Å². The molecule has 0 aromatic heterocycles. The van der Waals surface area contributed by atoms with Gasteiger partial charge in [-0.05, 0) is 19.4 Å². The quantitative estimate of drug-likeness (QED) is 0.596. The fourth-order valence-corrected chi connectivity index (χ4v) is 1.94. The van der Waals surface area contributed by atoms with Crippen molar-refractivity contribution in [2.45, 2.75) is 26.7 Å². The molecule has 1 aromatic carbocycles. The van der Waals surface area contributed by atoms with Crippen molar-refractivity contribution in [3.63, 3.8) is 0 Å². The highest BCUT2D eigenvalue weighted by Crippen LogP contribution is 2.25. The smallest absolute Gasteiger partial charge is 0.321 e. The summed E-state index contributed by atoms with van der Waals surface area (Å²) in [6, 6.07) is 4.19. The van der Waals surface area contributed by atoms with Gasteiger partial charge >= 0.3 is 6.03 Å². The molecular formula is C14H21N3O4. The number of urea groups is 1. The van der Waals surface area contributed by atoms with Crippen LogP contribution in [0.4, 0.5) is 16.2 Å². The molecule has 7 heteroatoms. The number of carbonyl (C=O) groups excluding carboxylic acids is 1. The summed E-state index contributed by atoms with van der Waals surface area (Å²) >= 11 is 0. The molecular weight excluding hydrogens is 274 g/mol. The molecule has 0 aliphatic heterocycles. The van der Waals surface area contributed by atoms with Crippen molar-refractivity contribution in [3.05, 3.63) is 33.9 Å². The van der Waals surface area contributed by atoms with Gasteiger partial charge in [0.25, 0.3) is 5.69 Å². The Morgan fingerprint density at radius 2 is 2.14 bits per heavy atom. The number of nitro groups is 1. The number of rotatable bonds is 7. The maximum absolute atomic E-state index is 12.2. The fourth-order valence-electron chi connectivity index (χ4n) is 1.94. The lowest BCUT2D eigenvalue weighted by molar-refractivity contribution is -0.385. The SMILES string of the molecule is CCCCN(CCO)C(=O)Nc1cccc([N+](=O)[O-])c1C. The number of nitrogens with one attached hydrogen (secondary N) is 1. The predicted molar refractivity (Wildman–Crippen MR) is 80.4 cm³/mol. The molecule has 116 valence electrons. The van der Waals surface area contributed by atoms with Gasteiger partial charge in [-0.3, -0.25) is 10.1 Å². The van der Waals surface area contributed by atoms with Gasteiger partial charge in [-0.1, -0.05) is 19.4 Å². The van der Waals surface area contributed by atoms with Crippen LogP contribution in [0.25, 0.3) is 0 Å². The number of aliphatic hydroxyl groups is 1. The third-order valence-electron chi connectivity index (χ3n) is 3.18. The van der Waals surface area contributed by atoms with Crippen LogP contribution in [0.2, 0.25) is 0 Å². The highest BCUT2D eigenvalue weighted by molar-refractivity contribution is 5.90. The Bertz CT molecular complexity index is 505. The van der Waals surface area contributed by atoms with E-state index in [2.05, 4.69) is 5.32 Å². The first kappa shape index (κ1) is 16.9. The van der Waals surface area contributed by atoms with Crippen molar-refractivity contribution >= 4 is 17.4 Å². The molecule has 0 saturated heterocycles. The van der Waals surface area contributed by atoms with Crippen LogP contribution in [0.15, 0.2) is 18.2 Å². The number of hydrogen-bond acceptors (Lipinski definition) is 4. The lowest BCUT2D eigenvalue weighted by Gasteiger charge is -2.22. The van der Waals surface area contributed by atoms with Gasteiger partial charge < -0.3 is 15.3 Å². The van der Waals surface area contributed by atoms with E-state index in [-0.39, 0.29) is 24.9 Å². The second-order valence-corrected chi connectivity index (χ2v) is 4.70. The lowest BCUT2D eigenvalue weighted by atomic mass is 10.1. The standard InChI is InChI=1S/C14H21N3O4/c1-3-4-8-16(9-10-18)14(19)15-12-6-5-7-13(11(12)2)17(20)21/h5-7,18H,3-4,8-10H2,1-2H3,(H,15,19). The zero-order chi connectivity index (χ0) is 15.8. The molecule has 21 heavy (non-hydrogen) atoms. The second-order valence-electron chi connectivity index (χ2n) is 4.70. The van der Waals surface area contributed by atoms with E-state index in [1.165, 1.54) is 17.0 Å². The summed E-state index contributed by atoms with van der Waals surface area (Å²) in [5.41, 5.74) is 0.791. The highest BCUT2D eigenvalue weighted by Gasteiger charge is 2.17. The van der Waals surface area contributed by atoms with Gasteiger partial charge in [-0.25, -0.2) is 4.79 Å². The van der Waals surface area contributed by atoms with E-state index in [0.717, 1.165) is 12.8 Å². The van der Waals surface area contributed by atoms with Crippen LogP contribution in [-0.4, -0.2) is 40.7 Å². The van der Waals surface area contributed by atoms with Crippen LogP contribution in [0.1, 0.15) is 25.3 Å². The van der Waals surface area contributed by atoms with E-state index in [4.69, 9.17) is 5.11 Å². The molecule has 0 atom stereocenters. The van der Waals surface area contributed by atoms with E-state index in [9.17, 15) is 14.9 Å². The van der Waals surface area contributed by atoms with Crippen molar-refractivity contribution < 1.29 is 14.8 Å². The molecule has 0 bridgehead atoms. The summed E-state index contributed by atoms with van der Waals surface area (Å²) in [5, 5.41) is 22.6. The summed E-state index contributed by atoms with van der Waals surface area (Å²) in [5.74, 6) is 0. The molecule has 0 spiro atoms. The molecule has 7 nitrogen and oxygen atoms in total. The average Bonchev–Trinajstić information content (AvgIpc) is 2.45. The number of nitrogens with zero attached hydrogens (tertiary/aromatic N) is 2. The van der Waals surface area contributed by atoms with Gasteiger partial charge in [0.2, 0.25) is 0 Å². The van der Waals surface area contributed by atoms with Crippen LogP contribution < -0.4 is 5.32 Å². The number of aliphatic hydroxyl groups excluding tert-OH is 1. The Hall–Kier alpha value is -2.15. The summed E-state index contributed by atoms with van der Waals surface area (Å²) < 4.78 is 0. The summed E-state index contributed by atoms with van der Waals surface area (Å²) in [7, 11) is 0. The first-order chi connectivity index (χ1) is 10.0. The third kappa shape index (κ3) is 4.71. The number of unbranched alkanes of at least 4 members (excludes halogenated alkanes) is 1. The Labute approximate surface area is 123 Å². The number of carbonyl (C=O) groups is 1. The Morgan fingerprint density at radius 1 is 1.43 bits per heavy atom. The predicted octanol–water partition coefficient (Wildman–Crippen LogP) is 2.53. The topological polar surface area (TPSA) is 95.7 Å². The monoisotopic (exact) mass is 295 g/mol. The van der Waals surface area contributed by atoms with Crippen molar-refractivity contribution in [2.24, 2.45) is 0 Å². The minimum atomic E-state index is -0.479. The second kappa shape index (κ2) is 8.21. The van der Waals surface area contributed by atoms with Gasteiger partial charge in [-0.2, -0.15) is 0 Å². The zero-order valence-electron chi connectivity index (χ0n) is 12.3. The van der Waals surface area contributed by atoms with Crippen LogP contribution in [0.5, 0.6) is 0 Å². The molecule has 0 heterocycles. The van der Waals surface area contributed by atoms with Gasteiger partial charge in [0.15, 0.2) is 0 Å². The minimum Gasteiger partial charge on any atom is -0.395 e. The number of amides is 2. The maximum Gasteiger partial charge on any atom is 0.321 e. The molecule has 0 aliphatic carbocycles. The summed E-state index contributed by atoms with van der Waals surface area (Å²) in [6.07, 6.45) is 1.77. The Morgan fingerprint density at radius 3 is 2.71 bits per heavy atom. The Kier molecular flexibility index (Phi) is 6.61. The van der Waals surface area contributed by atoms with Crippen LogP contribution >= 0.6 is 0 Å². The molecule has 2 N–H and O–H groups in total. The van der Waals surface area contributed by atoms with Crippen LogP contribution in [0.3, 0.4) is 0 Å². The largest absolute Gasteiger partial charge is 0.395 e. The summed E-state index contributed by atoms with van der Waals surface area (Å²) in [4.78, 5) is 24.1.